The third-order valence-electron chi connectivity index (χ3n) is 2.63. The van der Waals surface area contributed by atoms with Crippen LogP contribution in [0.3, 0.4) is 0 Å². The maximum Gasteiger partial charge on any atom is 0.0149 e. The lowest BCUT2D eigenvalue weighted by atomic mass is 9.89. The molecule has 0 saturated carbocycles. The zero-order chi connectivity index (χ0) is 9.10. The molecule has 13 heavy (non-hydrogen) atoms. The Hall–Kier alpha value is -1.24. The van der Waals surface area contributed by atoms with Gasteiger partial charge in [0.2, 0.25) is 0 Å². The van der Waals surface area contributed by atoms with Crippen LogP contribution in [0, 0.1) is 0 Å². The maximum atomic E-state index is 3.98. The highest BCUT2D eigenvalue weighted by molar-refractivity contribution is 5.22. The molecule has 1 aliphatic rings. The predicted octanol–water partition coefficient (Wildman–Crippen LogP) is 2.67. The minimum atomic E-state index is 0.676. The van der Waals surface area contributed by atoms with E-state index in [-0.39, 0.29) is 0 Å². The molecular weight excluding hydrogens is 158 g/mol. The molecule has 1 unspecified atom stereocenters. The molecule has 0 radical (unpaired) electrons. The first-order valence-corrected chi connectivity index (χ1v) is 4.83. The van der Waals surface area contributed by atoms with Gasteiger partial charge in [-0.2, -0.15) is 0 Å². The fourth-order valence-corrected chi connectivity index (χ4v) is 1.90. The fourth-order valence-electron chi connectivity index (χ4n) is 1.90. The van der Waals surface area contributed by atoms with Crippen molar-refractivity contribution >= 4 is 0 Å². The first kappa shape index (κ1) is 8.36. The summed E-state index contributed by atoms with van der Waals surface area (Å²) in [7, 11) is 0. The lowest BCUT2D eigenvalue weighted by Gasteiger charge is -2.25. The number of hydrogen-bond acceptors (Lipinski definition) is 1. The fraction of sp³-hybridized carbons (Fsp3) is 0.333. The summed E-state index contributed by atoms with van der Waals surface area (Å²) in [5.41, 5.74) is 2.63. The average molecular weight is 173 g/mol. The van der Waals surface area contributed by atoms with Gasteiger partial charge in [0.15, 0.2) is 0 Å². The second-order valence-electron chi connectivity index (χ2n) is 3.63. The van der Waals surface area contributed by atoms with Gasteiger partial charge in [0.1, 0.15) is 0 Å². The lowest BCUT2D eigenvalue weighted by Crippen LogP contribution is -2.24. The van der Waals surface area contributed by atoms with Crippen LogP contribution in [0.4, 0.5) is 0 Å². The molecule has 0 spiro atoms. The molecule has 0 bridgehead atoms. The Balaban J connectivity index is 2.13. The van der Waals surface area contributed by atoms with E-state index in [1.165, 1.54) is 17.7 Å². The van der Waals surface area contributed by atoms with E-state index in [1.54, 1.807) is 0 Å². The lowest BCUT2D eigenvalue weighted by molar-refractivity contribution is 0.518. The number of allylic oxidation sites excluding steroid dienone is 1. The summed E-state index contributed by atoms with van der Waals surface area (Å²) in [6.45, 7) is 5.05. The molecule has 68 valence electrons. The largest absolute Gasteiger partial charge is 0.389 e. The number of piperidine rings is 1. The van der Waals surface area contributed by atoms with Crippen molar-refractivity contribution in [3.63, 3.8) is 0 Å². The normalized spacial score (nSPS) is 22.5. The van der Waals surface area contributed by atoms with E-state index in [9.17, 15) is 0 Å². The molecule has 1 aromatic carbocycles. The molecule has 1 heteroatoms. The Bertz CT molecular complexity index is 289. The number of rotatable bonds is 1. The summed E-state index contributed by atoms with van der Waals surface area (Å²) in [5, 5.41) is 3.29. The summed E-state index contributed by atoms with van der Waals surface area (Å²) < 4.78 is 0. The molecule has 1 saturated heterocycles. The standard InChI is InChI=1S/C12H15N/c1-10-9-12(7-8-13-10)11-5-3-2-4-6-11/h2-6,12-13H,1,7-9H2. The van der Waals surface area contributed by atoms with Gasteiger partial charge in [0.05, 0.1) is 0 Å². The van der Waals surface area contributed by atoms with Crippen LogP contribution in [0.25, 0.3) is 0 Å². The van der Waals surface area contributed by atoms with Crippen molar-refractivity contribution in [2.24, 2.45) is 0 Å². The topological polar surface area (TPSA) is 12.0 Å². The molecule has 1 fully saturated rings. The Morgan fingerprint density at radius 1 is 1.23 bits per heavy atom. The number of hydrogen-bond donors (Lipinski definition) is 1. The van der Waals surface area contributed by atoms with Crippen molar-refractivity contribution in [1.29, 1.82) is 0 Å². The van der Waals surface area contributed by atoms with Crippen LogP contribution >= 0.6 is 0 Å². The van der Waals surface area contributed by atoms with E-state index < -0.39 is 0 Å². The molecule has 0 aliphatic carbocycles. The highest BCUT2D eigenvalue weighted by Crippen LogP contribution is 2.27. The SMILES string of the molecule is C=C1CC(c2ccccc2)CCN1. The van der Waals surface area contributed by atoms with Gasteiger partial charge in [0.25, 0.3) is 0 Å². The maximum absolute atomic E-state index is 3.98. The van der Waals surface area contributed by atoms with Gasteiger partial charge in [0, 0.05) is 12.2 Å². The molecule has 1 nitrogen and oxygen atoms in total. The summed E-state index contributed by atoms with van der Waals surface area (Å²) in [6.07, 6.45) is 2.31. The molecule has 0 amide bonds. The second-order valence-corrected chi connectivity index (χ2v) is 3.63. The number of nitrogens with one attached hydrogen (secondary N) is 1. The second kappa shape index (κ2) is 3.65. The van der Waals surface area contributed by atoms with Crippen molar-refractivity contribution in [3.05, 3.63) is 48.2 Å². The van der Waals surface area contributed by atoms with Crippen LogP contribution in [0.15, 0.2) is 42.6 Å². The third-order valence-corrected chi connectivity index (χ3v) is 2.63. The van der Waals surface area contributed by atoms with Crippen LogP contribution < -0.4 is 5.32 Å². The van der Waals surface area contributed by atoms with Crippen LogP contribution in [-0.4, -0.2) is 6.54 Å². The quantitative estimate of drug-likeness (QED) is 0.688. The molecule has 1 aromatic rings. The van der Waals surface area contributed by atoms with Gasteiger partial charge in [-0.25, -0.2) is 0 Å². The summed E-state index contributed by atoms with van der Waals surface area (Å²) in [6, 6.07) is 10.7. The van der Waals surface area contributed by atoms with E-state index in [0.717, 1.165) is 13.0 Å². The van der Waals surface area contributed by atoms with E-state index in [4.69, 9.17) is 0 Å². The highest BCUT2D eigenvalue weighted by atomic mass is 14.9. The van der Waals surface area contributed by atoms with E-state index >= 15 is 0 Å². The van der Waals surface area contributed by atoms with Crippen molar-refractivity contribution < 1.29 is 0 Å². The Morgan fingerprint density at radius 2 is 2.00 bits per heavy atom. The Morgan fingerprint density at radius 3 is 2.69 bits per heavy atom. The Kier molecular flexibility index (Phi) is 2.35. The monoisotopic (exact) mass is 173 g/mol. The van der Waals surface area contributed by atoms with Crippen molar-refractivity contribution in [2.75, 3.05) is 6.54 Å². The van der Waals surface area contributed by atoms with Gasteiger partial charge < -0.3 is 5.32 Å². The molecule has 1 atom stereocenters. The van der Waals surface area contributed by atoms with Crippen molar-refractivity contribution in [3.8, 4) is 0 Å². The van der Waals surface area contributed by atoms with Gasteiger partial charge >= 0.3 is 0 Å². The molecular formula is C12H15N. The third kappa shape index (κ3) is 1.92. The van der Waals surface area contributed by atoms with Crippen LogP contribution in [0.2, 0.25) is 0 Å². The van der Waals surface area contributed by atoms with Gasteiger partial charge in [-0.15, -0.1) is 0 Å². The summed E-state index contributed by atoms with van der Waals surface area (Å²) in [4.78, 5) is 0. The summed E-state index contributed by atoms with van der Waals surface area (Å²) >= 11 is 0. The van der Waals surface area contributed by atoms with Gasteiger partial charge in [-0.05, 0) is 24.3 Å². The highest BCUT2D eigenvalue weighted by Gasteiger charge is 2.16. The average Bonchev–Trinajstić information content (AvgIpc) is 2.19. The van der Waals surface area contributed by atoms with Crippen LogP contribution in [-0.2, 0) is 0 Å². The van der Waals surface area contributed by atoms with Crippen LogP contribution in [0.5, 0.6) is 0 Å². The number of benzene rings is 1. The van der Waals surface area contributed by atoms with Crippen molar-refractivity contribution in [2.45, 2.75) is 18.8 Å². The zero-order valence-corrected chi connectivity index (χ0v) is 7.79. The first-order chi connectivity index (χ1) is 6.36. The minimum Gasteiger partial charge on any atom is -0.389 e. The molecule has 1 aliphatic heterocycles. The predicted molar refractivity (Wildman–Crippen MR) is 55.6 cm³/mol. The minimum absolute atomic E-state index is 0.676. The van der Waals surface area contributed by atoms with Gasteiger partial charge in [-0.3, -0.25) is 0 Å². The smallest absolute Gasteiger partial charge is 0.0149 e. The van der Waals surface area contributed by atoms with E-state index in [1.807, 2.05) is 0 Å². The summed E-state index contributed by atoms with van der Waals surface area (Å²) in [5.74, 6) is 0.676. The Labute approximate surface area is 79.5 Å². The zero-order valence-electron chi connectivity index (χ0n) is 7.79. The molecule has 1 heterocycles. The first-order valence-electron chi connectivity index (χ1n) is 4.83. The van der Waals surface area contributed by atoms with E-state index in [0.29, 0.717) is 5.92 Å². The molecule has 0 aromatic heterocycles. The van der Waals surface area contributed by atoms with Gasteiger partial charge in [-0.1, -0.05) is 36.9 Å². The van der Waals surface area contributed by atoms with Crippen LogP contribution in [0.1, 0.15) is 24.3 Å². The molecule has 1 N–H and O–H groups in total. The molecule has 2 rings (SSSR count). The van der Waals surface area contributed by atoms with Crippen molar-refractivity contribution in [1.82, 2.24) is 5.32 Å². The van der Waals surface area contributed by atoms with E-state index in [2.05, 4.69) is 42.2 Å².